The van der Waals surface area contributed by atoms with Gasteiger partial charge in [0.15, 0.2) is 0 Å². The fourth-order valence-corrected chi connectivity index (χ4v) is 0.661. The fourth-order valence-electron chi connectivity index (χ4n) is 0.661. The second-order valence-electron chi connectivity index (χ2n) is 1.81. The summed E-state index contributed by atoms with van der Waals surface area (Å²) in [5, 5.41) is 0. The van der Waals surface area contributed by atoms with Crippen LogP contribution in [0.1, 0.15) is 5.56 Å². The Bertz CT molecular complexity index is 201. The predicted molar refractivity (Wildman–Crippen MR) is 37.6 cm³/mol. The summed E-state index contributed by atoms with van der Waals surface area (Å²) in [7, 11) is 0. The summed E-state index contributed by atoms with van der Waals surface area (Å²) in [6.07, 6.45) is 0. The van der Waals surface area contributed by atoms with E-state index in [1.165, 1.54) is 0 Å². The maximum Gasteiger partial charge on any atom is 1.00 e. The molecule has 4 N–H and O–H groups in total. The Hall–Kier alpha value is -0.423. The summed E-state index contributed by atoms with van der Waals surface area (Å²) >= 11 is 0. The number of nitrogen functional groups attached to an aromatic ring is 1. The first-order chi connectivity index (χ1) is 4.34. The molecule has 0 bridgehead atoms. The largest absolute Gasteiger partial charge is 1.00 e. The molecular weight excluding hydrogens is 119 g/mol. The van der Waals surface area contributed by atoms with Crippen LogP contribution in [0, 0.1) is 6.07 Å². The molecule has 0 aliphatic rings. The molecule has 1 aromatic rings. The van der Waals surface area contributed by atoms with Crippen LogP contribution in [-0.4, -0.2) is 0 Å². The normalized spacial score (nSPS) is 8.50. The first-order valence-corrected chi connectivity index (χ1v) is 2.79. The van der Waals surface area contributed by atoms with Crippen molar-refractivity contribution in [3.05, 3.63) is 29.8 Å². The van der Waals surface area contributed by atoms with Crippen molar-refractivity contribution in [2.45, 2.75) is 6.54 Å². The van der Waals surface area contributed by atoms with Crippen LogP contribution in [0.3, 0.4) is 0 Å². The van der Waals surface area contributed by atoms with Gasteiger partial charge >= 0.3 is 18.9 Å². The molecule has 0 aliphatic carbocycles. The molecule has 0 aliphatic heterocycles. The van der Waals surface area contributed by atoms with Crippen molar-refractivity contribution in [1.82, 2.24) is 0 Å². The molecule has 0 unspecified atom stereocenters. The van der Waals surface area contributed by atoms with Crippen molar-refractivity contribution in [1.29, 1.82) is 0 Å². The summed E-state index contributed by atoms with van der Waals surface area (Å²) in [4.78, 5) is 0. The fraction of sp³-hybridized carbons (Fsp3) is 0.143. The van der Waals surface area contributed by atoms with Crippen molar-refractivity contribution in [3.63, 3.8) is 0 Å². The number of hydrogen-bond donors (Lipinski definition) is 2. The molecule has 1 rings (SSSR count). The molecule has 2 nitrogen and oxygen atoms in total. The Labute approximate surface area is 72.8 Å². The first-order valence-electron chi connectivity index (χ1n) is 2.79. The van der Waals surface area contributed by atoms with Crippen LogP contribution in [0.15, 0.2) is 18.2 Å². The topological polar surface area (TPSA) is 52.0 Å². The van der Waals surface area contributed by atoms with Gasteiger partial charge in [-0.3, -0.25) is 0 Å². The van der Waals surface area contributed by atoms with Gasteiger partial charge in [-0.2, -0.15) is 18.2 Å². The van der Waals surface area contributed by atoms with Gasteiger partial charge in [0.05, 0.1) is 0 Å². The van der Waals surface area contributed by atoms with E-state index in [9.17, 15) is 0 Å². The Balaban J connectivity index is 0.000000810. The van der Waals surface area contributed by atoms with Crippen LogP contribution in [0.5, 0.6) is 0 Å². The molecule has 0 heterocycles. The molecule has 48 valence electrons. The van der Waals surface area contributed by atoms with Gasteiger partial charge in [-0.25, -0.2) is 0 Å². The Morgan fingerprint density at radius 3 is 2.60 bits per heavy atom. The van der Waals surface area contributed by atoms with Crippen LogP contribution in [0.4, 0.5) is 5.69 Å². The van der Waals surface area contributed by atoms with Gasteiger partial charge in [-0.05, 0) is 6.54 Å². The summed E-state index contributed by atoms with van der Waals surface area (Å²) in [5.41, 5.74) is 12.5. The Morgan fingerprint density at radius 1 is 1.50 bits per heavy atom. The van der Waals surface area contributed by atoms with E-state index >= 15 is 0 Å². The second-order valence-corrected chi connectivity index (χ2v) is 1.81. The van der Waals surface area contributed by atoms with Crippen molar-refractivity contribution in [3.8, 4) is 0 Å². The molecule has 0 saturated heterocycles. The summed E-state index contributed by atoms with van der Waals surface area (Å²) in [6.45, 7) is 0.465. The first kappa shape index (κ1) is 9.58. The maximum atomic E-state index is 5.52. The van der Waals surface area contributed by atoms with Gasteiger partial charge in [-0.1, -0.05) is 5.69 Å². The molecule has 0 radical (unpaired) electrons. The van der Waals surface area contributed by atoms with E-state index in [-0.39, 0.29) is 18.9 Å². The molecule has 0 spiro atoms. The molecule has 0 saturated carbocycles. The summed E-state index contributed by atoms with van der Waals surface area (Å²) < 4.78 is 0. The summed E-state index contributed by atoms with van der Waals surface area (Å²) in [5.74, 6) is 0. The van der Waals surface area contributed by atoms with Crippen molar-refractivity contribution in [2.24, 2.45) is 5.73 Å². The van der Waals surface area contributed by atoms with E-state index < -0.39 is 0 Å². The average Bonchev–Trinajstić information content (AvgIpc) is 1.89. The van der Waals surface area contributed by atoms with Crippen LogP contribution in [0.25, 0.3) is 0 Å². The van der Waals surface area contributed by atoms with Crippen molar-refractivity contribution in [2.75, 3.05) is 5.73 Å². The number of benzene rings is 1. The molecular formula is C7H9LiN2. The van der Waals surface area contributed by atoms with Crippen molar-refractivity contribution < 1.29 is 18.9 Å². The zero-order valence-corrected chi connectivity index (χ0v) is 6.09. The number of nitrogens with two attached hydrogens (primary N) is 2. The minimum absolute atomic E-state index is 0. The third-order valence-corrected chi connectivity index (χ3v) is 1.18. The molecule has 0 fully saturated rings. The average molecular weight is 128 g/mol. The van der Waals surface area contributed by atoms with Gasteiger partial charge in [0.25, 0.3) is 0 Å². The van der Waals surface area contributed by atoms with Crippen LogP contribution in [-0.2, 0) is 6.54 Å². The van der Waals surface area contributed by atoms with E-state index in [0.29, 0.717) is 6.54 Å². The van der Waals surface area contributed by atoms with Gasteiger partial charge in [0.1, 0.15) is 0 Å². The minimum atomic E-state index is 0. The van der Waals surface area contributed by atoms with Gasteiger partial charge < -0.3 is 11.5 Å². The quantitative estimate of drug-likeness (QED) is 0.250. The molecule has 10 heavy (non-hydrogen) atoms. The third-order valence-electron chi connectivity index (χ3n) is 1.18. The molecule has 1 aromatic carbocycles. The third kappa shape index (κ3) is 2.07. The predicted octanol–water partition coefficient (Wildman–Crippen LogP) is -2.47. The summed E-state index contributed by atoms with van der Waals surface area (Å²) in [6, 6.07) is 8.40. The molecule has 3 heteroatoms. The maximum absolute atomic E-state index is 5.52. The minimum Gasteiger partial charge on any atom is -0.449 e. The van der Waals surface area contributed by atoms with Crippen LogP contribution in [0.2, 0.25) is 0 Å². The van der Waals surface area contributed by atoms with E-state index in [4.69, 9.17) is 11.5 Å². The van der Waals surface area contributed by atoms with Gasteiger partial charge in [0.2, 0.25) is 0 Å². The van der Waals surface area contributed by atoms with E-state index in [1.54, 1.807) is 6.07 Å². The number of anilines is 1. The van der Waals surface area contributed by atoms with E-state index in [1.807, 2.05) is 12.1 Å². The SMILES string of the molecule is NCc1[c-]cccc1N.[Li+]. The monoisotopic (exact) mass is 128 g/mol. The molecule has 0 amide bonds. The Morgan fingerprint density at radius 2 is 2.20 bits per heavy atom. The van der Waals surface area contributed by atoms with E-state index in [2.05, 4.69) is 6.07 Å². The van der Waals surface area contributed by atoms with Crippen LogP contribution < -0.4 is 30.3 Å². The van der Waals surface area contributed by atoms with Gasteiger partial charge in [0, 0.05) is 0 Å². The second kappa shape index (κ2) is 4.40. The number of hydrogen-bond acceptors (Lipinski definition) is 2. The van der Waals surface area contributed by atoms with Gasteiger partial charge in [-0.15, -0.1) is 11.6 Å². The Kier molecular flexibility index (Phi) is 4.22. The zero-order chi connectivity index (χ0) is 6.69. The smallest absolute Gasteiger partial charge is 0.449 e. The molecule has 0 aromatic heterocycles. The molecule has 0 atom stereocenters. The van der Waals surface area contributed by atoms with Crippen molar-refractivity contribution >= 4 is 5.69 Å². The van der Waals surface area contributed by atoms with Crippen LogP contribution >= 0.6 is 0 Å². The number of rotatable bonds is 1. The standard InChI is InChI=1S/C7H9N2.Li/c8-5-6-3-1-2-4-7(6)9;/h1-2,4H,5,8-9H2;/q-1;+1. The van der Waals surface area contributed by atoms with E-state index in [0.717, 1.165) is 11.3 Å². The zero-order valence-electron chi connectivity index (χ0n) is 6.09.